The summed E-state index contributed by atoms with van der Waals surface area (Å²) in [7, 11) is 4.10. The summed E-state index contributed by atoms with van der Waals surface area (Å²) in [6, 6.07) is 4.87. The molecule has 108 valence electrons. The Morgan fingerprint density at radius 1 is 1.32 bits per heavy atom. The highest BCUT2D eigenvalue weighted by Gasteiger charge is 2.35. The molecule has 0 fully saturated rings. The van der Waals surface area contributed by atoms with Crippen molar-refractivity contribution in [3.63, 3.8) is 0 Å². The highest BCUT2D eigenvalue weighted by Crippen LogP contribution is 2.27. The molecule has 2 nitrogen and oxygen atoms in total. The van der Waals surface area contributed by atoms with Crippen LogP contribution in [0.1, 0.15) is 32.3 Å². The van der Waals surface area contributed by atoms with Gasteiger partial charge in [0, 0.05) is 11.6 Å². The maximum Gasteiger partial charge on any atom is 0.142 e. The number of rotatable bonds is 6. The topological polar surface area (TPSA) is 29.3 Å². The monoisotopic (exact) mass is 286 g/mol. The van der Waals surface area contributed by atoms with E-state index in [2.05, 4.69) is 32.8 Å². The minimum Gasteiger partial charge on any atom is -0.326 e. The molecule has 0 saturated heterocycles. The van der Waals surface area contributed by atoms with E-state index >= 15 is 0 Å². The van der Waals surface area contributed by atoms with Gasteiger partial charge in [-0.25, -0.2) is 4.39 Å². The van der Waals surface area contributed by atoms with E-state index in [4.69, 9.17) is 17.3 Å². The average Bonchev–Trinajstić information content (AvgIpc) is 2.35. The van der Waals surface area contributed by atoms with Crippen LogP contribution in [0.25, 0.3) is 0 Å². The average molecular weight is 287 g/mol. The molecule has 0 aliphatic carbocycles. The van der Waals surface area contributed by atoms with Gasteiger partial charge in [0.05, 0.1) is 5.02 Å². The minimum absolute atomic E-state index is 0.0434. The zero-order chi connectivity index (χ0) is 14.6. The van der Waals surface area contributed by atoms with Crippen molar-refractivity contribution in [1.82, 2.24) is 4.90 Å². The standard InChI is InChI=1S/C15H24ClFN2/c1-5-15(6-2,19(3)4)14(18)10-11-7-8-12(16)13(17)9-11/h7-9,14H,5-6,10,18H2,1-4H3. The number of benzene rings is 1. The van der Waals surface area contributed by atoms with Crippen molar-refractivity contribution in [2.75, 3.05) is 14.1 Å². The summed E-state index contributed by atoms with van der Waals surface area (Å²) in [5.41, 5.74) is 7.23. The quantitative estimate of drug-likeness (QED) is 0.868. The van der Waals surface area contributed by atoms with E-state index in [0.717, 1.165) is 18.4 Å². The highest BCUT2D eigenvalue weighted by molar-refractivity contribution is 6.30. The largest absolute Gasteiger partial charge is 0.326 e. The van der Waals surface area contributed by atoms with Crippen LogP contribution in [0.2, 0.25) is 5.02 Å². The molecule has 1 rings (SSSR count). The summed E-state index contributed by atoms with van der Waals surface area (Å²) < 4.78 is 13.5. The Hall–Kier alpha value is -0.640. The Bertz CT molecular complexity index is 417. The van der Waals surface area contributed by atoms with Crippen LogP contribution in [-0.4, -0.2) is 30.6 Å². The zero-order valence-corrected chi connectivity index (χ0v) is 13.0. The highest BCUT2D eigenvalue weighted by atomic mass is 35.5. The molecule has 1 atom stereocenters. The maximum absolute atomic E-state index is 13.5. The molecule has 0 amide bonds. The molecule has 0 aromatic heterocycles. The number of nitrogens with zero attached hydrogens (tertiary/aromatic N) is 1. The number of hydrogen-bond donors (Lipinski definition) is 1. The first-order valence-corrected chi connectivity index (χ1v) is 7.12. The Morgan fingerprint density at radius 3 is 2.32 bits per heavy atom. The first-order valence-electron chi connectivity index (χ1n) is 6.74. The predicted molar refractivity (Wildman–Crippen MR) is 80.1 cm³/mol. The Morgan fingerprint density at radius 2 is 1.89 bits per heavy atom. The number of halogens is 2. The van der Waals surface area contributed by atoms with Gasteiger partial charge in [0.2, 0.25) is 0 Å². The van der Waals surface area contributed by atoms with Crippen LogP contribution < -0.4 is 5.73 Å². The smallest absolute Gasteiger partial charge is 0.142 e. The van der Waals surface area contributed by atoms with Crippen LogP contribution >= 0.6 is 11.6 Å². The Kier molecular flexibility index (Phi) is 5.78. The fourth-order valence-electron chi connectivity index (χ4n) is 2.85. The van der Waals surface area contributed by atoms with Gasteiger partial charge in [0.15, 0.2) is 0 Å². The molecule has 0 saturated carbocycles. The molecule has 0 aliphatic heterocycles. The van der Waals surface area contributed by atoms with E-state index in [9.17, 15) is 4.39 Å². The zero-order valence-electron chi connectivity index (χ0n) is 12.2. The van der Waals surface area contributed by atoms with Crippen molar-refractivity contribution in [1.29, 1.82) is 0 Å². The van der Waals surface area contributed by atoms with Crippen molar-refractivity contribution in [3.05, 3.63) is 34.6 Å². The summed E-state index contributed by atoms with van der Waals surface area (Å²) in [5.74, 6) is -0.380. The number of hydrogen-bond acceptors (Lipinski definition) is 2. The van der Waals surface area contributed by atoms with Crippen molar-refractivity contribution in [2.24, 2.45) is 5.73 Å². The normalized spacial score (nSPS) is 13.9. The number of likely N-dealkylation sites (N-methyl/N-ethyl adjacent to an activating group) is 1. The van der Waals surface area contributed by atoms with Crippen molar-refractivity contribution >= 4 is 11.6 Å². The van der Waals surface area contributed by atoms with Crippen LogP contribution in [0.15, 0.2) is 18.2 Å². The van der Waals surface area contributed by atoms with E-state index in [0.29, 0.717) is 6.42 Å². The van der Waals surface area contributed by atoms with Gasteiger partial charge in [0.25, 0.3) is 0 Å². The van der Waals surface area contributed by atoms with Gasteiger partial charge in [-0.3, -0.25) is 0 Å². The van der Waals surface area contributed by atoms with Crippen LogP contribution in [0.4, 0.5) is 4.39 Å². The second-order valence-electron chi connectivity index (χ2n) is 5.26. The fraction of sp³-hybridized carbons (Fsp3) is 0.600. The lowest BCUT2D eigenvalue weighted by atomic mass is 9.81. The van der Waals surface area contributed by atoms with Crippen LogP contribution in [0.3, 0.4) is 0 Å². The summed E-state index contributed by atoms with van der Waals surface area (Å²) >= 11 is 5.70. The predicted octanol–water partition coefficient (Wildman–Crippen LogP) is 3.47. The van der Waals surface area contributed by atoms with Gasteiger partial charge in [-0.2, -0.15) is 0 Å². The molecule has 1 aromatic rings. The van der Waals surface area contributed by atoms with Gasteiger partial charge in [-0.15, -0.1) is 0 Å². The lowest BCUT2D eigenvalue weighted by Gasteiger charge is -2.43. The fourth-order valence-corrected chi connectivity index (χ4v) is 2.97. The van der Waals surface area contributed by atoms with Crippen LogP contribution in [0, 0.1) is 5.82 Å². The molecular weight excluding hydrogens is 263 g/mol. The second-order valence-corrected chi connectivity index (χ2v) is 5.67. The summed E-state index contributed by atoms with van der Waals surface area (Å²) in [4.78, 5) is 2.18. The molecular formula is C15H24ClFN2. The van der Waals surface area contributed by atoms with Gasteiger partial charge < -0.3 is 10.6 Å². The van der Waals surface area contributed by atoms with Crippen LogP contribution in [-0.2, 0) is 6.42 Å². The van der Waals surface area contributed by atoms with Gasteiger partial charge in [-0.05, 0) is 51.1 Å². The lowest BCUT2D eigenvalue weighted by Crippen LogP contribution is -2.57. The maximum atomic E-state index is 13.5. The summed E-state index contributed by atoms with van der Waals surface area (Å²) in [6.45, 7) is 4.29. The minimum atomic E-state index is -0.380. The Labute approximate surface area is 120 Å². The molecule has 1 aromatic carbocycles. The molecule has 0 radical (unpaired) electrons. The molecule has 0 bridgehead atoms. The summed E-state index contributed by atoms with van der Waals surface area (Å²) in [6.07, 6.45) is 2.58. The molecule has 0 spiro atoms. The molecule has 0 aliphatic rings. The second kappa shape index (κ2) is 6.69. The van der Waals surface area contributed by atoms with Gasteiger partial charge >= 0.3 is 0 Å². The van der Waals surface area contributed by atoms with Gasteiger partial charge in [-0.1, -0.05) is 31.5 Å². The van der Waals surface area contributed by atoms with Crippen molar-refractivity contribution < 1.29 is 4.39 Å². The third-order valence-corrected chi connectivity index (χ3v) is 4.55. The first kappa shape index (κ1) is 16.4. The number of nitrogens with two attached hydrogens (primary N) is 1. The van der Waals surface area contributed by atoms with E-state index < -0.39 is 0 Å². The lowest BCUT2D eigenvalue weighted by molar-refractivity contribution is 0.105. The molecule has 0 heterocycles. The molecule has 4 heteroatoms. The third-order valence-electron chi connectivity index (χ3n) is 4.24. The van der Waals surface area contributed by atoms with E-state index in [1.54, 1.807) is 6.07 Å². The molecule has 2 N–H and O–H groups in total. The van der Waals surface area contributed by atoms with Gasteiger partial charge in [0.1, 0.15) is 5.82 Å². The molecule has 19 heavy (non-hydrogen) atoms. The SMILES string of the molecule is CCC(CC)(C(N)Cc1ccc(Cl)c(F)c1)N(C)C. The summed E-state index contributed by atoms with van der Waals surface area (Å²) in [5, 5.41) is 0.155. The van der Waals surface area contributed by atoms with E-state index in [-0.39, 0.29) is 22.4 Å². The first-order chi connectivity index (χ1) is 8.87. The third kappa shape index (κ3) is 3.47. The Balaban J connectivity index is 2.93. The van der Waals surface area contributed by atoms with E-state index in [1.165, 1.54) is 6.07 Å². The van der Waals surface area contributed by atoms with Crippen molar-refractivity contribution in [3.8, 4) is 0 Å². The molecule has 1 unspecified atom stereocenters. The van der Waals surface area contributed by atoms with Crippen molar-refractivity contribution in [2.45, 2.75) is 44.7 Å². The van der Waals surface area contributed by atoms with Crippen LogP contribution in [0.5, 0.6) is 0 Å². The van der Waals surface area contributed by atoms with E-state index in [1.807, 2.05) is 6.07 Å².